The molecule has 2 amide bonds. The van der Waals surface area contributed by atoms with E-state index in [4.69, 9.17) is 9.47 Å². The van der Waals surface area contributed by atoms with Gasteiger partial charge in [-0.15, -0.1) is 0 Å². The molecule has 0 radical (unpaired) electrons. The summed E-state index contributed by atoms with van der Waals surface area (Å²) >= 11 is 0. The molecule has 0 aliphatic carbocycles. The zero-order chi connectivity index (χ0) is 24.1. The van der Waals surface area contributed by atoms with Gasteiger partial charge in [-0.2, -0.15) is 0 Å². The van der Waals surface area contributed by atoms with Crippen LogP contribution in [0.1, 0.15) is 39.7 Å². The van der Waals surface area contributed by atoms with Gasteiger partial charge in [0.2, 0.25) is 5.91 Å². The Morgan fingerprint density at radius 2 is 1.88 bits per heavy atom. The molecule has 1 aromatic carbocycles. The number of hydrogen-bond acceptors (Lipinski definition) is 6. The van der Waals surface area contributed by atoms with Crippen molar-refractivity contribution < 1.29 is 34.1 Å². The van der Waals surface area contributed by atoms with Crippen LogP contribution >= 0.6 is 0 Å². The number of carboxylic acid groups (broad SMARTS) is 1. The van der Waals surface area contributed by atoms with Crippen LogP contribution in [0.2, 0.25) is 0 Å². The first-order valence-electron chi connectivity index (χ1n) is 10.6. The molecular formula is C23H34N2O7. The molecule has 0 bridgehead atoms. The summed E-state index contributed by atoms with van der Waals surface area (Å²) in [5.74, 6) is -1.91. The van der Waals surface area contributed by atoms with E-state index in [1.807, 2.05) is 51.1 Å². The molecule has 3 N–H and O–H groups in total. The summed E-state index contributed by atoms with van der Waals surface area (Å²) in [6.45, 7) is 7.31. The van der Waals surface area contributed by atoms with Gasteiger partial charge in [-0.3, -0.25) is 9.69 Å². The number of amides is 2. The Morgan fingerprint density at radius 3 is 2.38 bits per heavy atom. The molecule has 1 fully saturated rings. The minimum Gasteiger partial charge on any atom is -0.467 e. The predicted octanol–water partition coefficient (Wildman–Crippen LogP) is 2.03. The van der Waals surface area contributed by atoms with Crippen LogP contribution in [-0.2, 0) is 25.7 Å². The molecule has 0 spiro atoms. The third kappa shape index (κ3) is 5.39. The molecular weight excluding hydrogens is 416 g/mol. The van der Waals surface area contributed by atoms with E-state index < -0.39 is 47.0 Å². The number of aliphatic hydroxyl groups is 1. The van der Waals surface area contributed by atoms with Gasteiger partial charge in [-0.05, 0) is 24.3 Å². The lowest BCUT2D eigenvalue weighted by atomic mass is 9.68. The zero-order valence-corrected chi connectivity index (χ0v) is 19.3. The topological polar surface area (TPSA) is 125 Å². The minimum atomic E-state index is -1.58. The number of aliphatic hydroxyl groups excluding tert-OH is 1. The summed E-state index contributed by atoms with van der Waals surface area (Å²) in [5, 5.41) is 22.5. The minimum absolute atomic E-state index is 0.150. The molecule has 32 heavy (non-hydrogen) atoms. The monoisotopic (exact) mass is 450 g/mol. The number of ether oxygens (including phenoxy) is 2. The fourth-order valence-corrected chi connectivity index (χ4v) is 4.49. The molecule has 1 aromatic rings. The van der Waals surface area contributed by atoms with Gasteiger partial charge in [-0.1, -0.05) is 51.1 Å². The van der Waals surface area contributed by atoms with Gasteiger partial charge in [0.15, 0.2) is 11.6 Å². The molecule has 4 atom stereocenters. The maximum atomic E-state index is 13.7. The standard InChI is InChI=1S/C23H34N2O7/c1-15(26)18(19(27)31-5)24-20(28)23(14-32-13-16-9-7-6-8-10-16)17(22(2,3)4)11-12-25(23)21(29)30/h6-10,15,17-18,26H,11-14H2,1-5H3,(H,24,28)(H,29,30)/t15-,17?,18+,23?/m1/s1. The van der Waals surface area contributed by atoms with Crippen LogP contribution in [0.25, 0.3) is 0 Å². The maximum absolute atomic E-state index is 13.7. The van der Waals surface area contributed by atoms with Crippen molar-refractivity contribution in [3.63, 3.8) is 0 Å². The number of nitrogens with one attached hydrogen (secondary N) is 1. The SMILES string of the molecule is COC(=O)[C@@H](NC(=O)C1(COCc2ccccc2)C(C(C)(C)C)CCN1C(=O)O)[C@@H](C)O. The van der Waals surface area contributed by atoms with Crippen LogP contribution in [0, 0.1) is 11.3 Å². The van der Waals surface area contributed by atoms with Crippen molar-refractivity contribution in [1.29, 1.82) is 0 Å². The second-order valence-corrected chi connectivity index (χ2v) is 9.26. The first-order valence-corrected chi connectivity index (χ1v) is 10.6. The van der Waals surface area contributed by atoms with E-state index in [-0.39, 0.29) is 19.8 Å². The summed E-state index contributed by atoms with van der Waals surface area (Å²) in [5.41, 5.74) is -1.14. The summed E-state index contributed by atoms with van der Waals surface area (Å²) in [4.78, 5) is 39.1. The molecule has 9 nitrogen and oxygen atoms in total. The molecule has 178 valence electrons. The maximum Gasteiger partial charge on any atom is 0.408 e. The molecule has 1 heterocycles. The summed E-state index contributed by atoms with van der Waals surface area (Å²) < 4.78 is 10.6. The van der Waals surface area contributed by atoms with Crippen molar-refractivity contribution in [3.8, 4) is 0 Å². The number of methoxy groups -OCH3 is 1. The molecule has 0 aromatic heterocycles. The van der Waals surface area contributed by atoms with E-state index in [0.717, 1.165) is 17.6 Å². The number of rotatable bonds is 8. The zero-order valence-electron chi connectivity index (χ0n) is 19.3. The highest BCUT2D eigenvalue weighted by Gasteiger charge is 2.60. The van der Waals surface area contributed by atoms with Crippen LogP contribution in [0.5, 0.6) is 0 Å². The molecule has 0 saturated carbocycles. The van der Waals surface area contributed by atoms with Crippen molar-refractivity contribution in [3.05, 3.63) is 35.9 Å². The summed E-state index contributed by atoms with van der Waals surface area (Å²) in [6.07, 6.45) is -2.03. The highest BCUT2D eigenvalue weighted by atomic mass is 16.5. The highest BCUT2D eigenvalue weighted by molar-refractivity contribution is 5.94. The van der Waals surface area contributed by atoms with E-state index >= 15 is 0 Å². The van der Waals surface area contributed by atoms with Gasteiger partial charge in [0.1, 0.15) is 0 Å². The lowest BCUT2D eigenvalue weighted by molar-refractivity contribution is -0.152. The average Bonchev–Trinajstić information content (AvgIpc) is 3.13. The van der Waals surface area contributed by atoms with Crippen LogP contribution in [0.3, 0.4) is 0 Å². The van der Waals surface area contributed by atoms with Gasteiger partial charge in [0, 0.05) is 12.5 Å². The number of carbonyl (C=O) groups is 3. The Morgan fingerprint density at radius 1 is 1.25 bits per heavy atom. The number of benzene rings is 1. The Labute approximate surface area is 188 Å². The van der Waals surface area contributed by atoms with Gasteiger partial charge >= 0.3 is 12.1 Å². The van der Waals surface area contributed by atoms with Crippen LogP contribution in [0.15, 0.2) is 30.3 Å². The Balaban J connectivity index is 2.44. The van der Waals surface area contributed by atoms with Crippen molar-refractivity contribution in [2.24, 2.45) is 11.3 Å². The first kappa shape index (κ1) is 25.6. The molecule has 2 rings (SSSR count). The van der Waals surface area contributed by atoms with Crippen molar-refractivity contribution in [2.75, 3.05) is 20.3 Å². The summed E-state index contributed by atoms with van der Waals surface area (Å²) in [6, 6.07) is 8.01. The average molecular weight is 451 g/mol. The molecule has 2 unspecified atom stereocenters. The number of likely N-dealkylation sites (tertiary alicyclic amines) is 1. The number of hydrogen-bond donors (Lipinski definition) is 3. The molecule has 1 saturated heterocycles. The van der Waals surface area contributed by atoms with Crippen LogP contribution in [-0.4, -0.2) is 71.0 Å². The van der Waals surface area contributed by atoms with Crippen LogP contribution < -0.4 is 5.32 Å². The Hall–Kier alpha value is -2.65. The van der Waals surface area contributed by atoms with Gasteiger partial charge < -0.3 is 25.0 Å². The van der Waals surface area contributed by atoms with E-state index in [1.54, 1.807) is 0 Å². The second-order valence-electron chi connectivity index (χ2n) is 9.26. The molecule has 1 aliphatic heterocycles. The highest BCUT2D eigenvalue weighted by Crippen LogP contribution is 2.46. The summed E-state index contributed by atoms with van der Waals surface area (Å²) in [7, 11) is 1.15. The smallest absolute Gasteiger partial charge is 0.408 e. The third-order valence-corrected chi connectivity index (χ3v) is 6.03. The number of carbonyl (C=O) groups excluding carboxylic acids is 2. The van der Waals surface area contributed by atoms with E-state index in [2.05, 4.69) is 5.32 Å². The lowest BCUT2D eigenvalue weighted by Gasteiger charge is -2.44. The van der Waals surface area contributed by atoms with E-state index in [0.29, 0.717) is 6.42 Å². The number of nitrogens with zero attached hydrogens (tertiary/aromatic N) is 1. The van der Waals surface area contributed by atoms with Crippen molar-refractivity contribution >= 4 is 18.0 Å². The normalized spacial score (nSPS) is 22.8. The lowest BCUT2D eigenvalue weighted by Crippen LogP contribution is -2.67. The third-order valence-electron chi connectivity index (χ3n) is 6.03. The Bertz CT molecular complexity index is 806. The van der Waals surface area contributed by atoms with Crippen molar-refractivity contribution in [2.45, 2.75) is 58.4 Å². The van der Waals surface area contributed by atoms with Gasteiger partial charge in [0.05, 0.1) is 26.4 Å². The van der Waals surface area contributed by atoms with Gasteiger partial charge in [-0.25, -0.2) is 9.59 Å². The Kier molecular flexibility index (Phi) is 8.25. The fourth-order valence-electron chi connectivity index (χ4n) is 4.49. The van der Waals surface area contributed by atoms with E-state index in [9.17, 15) is 24.6 Å². The van der Waals surface area contributed by atoms with Crippen LogP contribution in [0.4, 0.5) is 4.79 Å². The predicted molar refractivity (Wildman–Crippen MR) is 117 cm³/mol. The molecule has 1 aliphatic rings. The fraction of sp³-hybridized carbons (Fsp3) is 0.609. The number of esters is 1. The van der Waals surface area contributed by atoms with Gasteiger partial charge in [0.25, 0.3) is 0 Å². The van der Waals surface area contributed by atoms with Crippen molar-refractivity contribution in [1.82, 2.24) is 10.2 Å². The second kappa shape index (κ2) is 10.3. The first-order chi connectivity index (χ1) is 14.9. The van der Waals surface area contributed by atoms with E-state index in [1.165, 1.54) is 6.92 Å². The molecule has 9 heteroatoms. The largest absolute Gasteiger partial charge is 0.467 e. The quantitative estimate of drug-likeness (QED) is 0.518.